The van der Waals surface area contributed by atoms with E-state index in [1.54, 1.807) is 17.0 Å². The third-order valence-corrected chi connectivity index (χ3v) is 12.4. The summed E-state index contributed by atoms with van der Waals surface area (Å²) in [5, 5.41) is 3.75. The second-order valence-electron chi connectivity index (χ2n) is 11.3. The molecule has 2 aromatic rings. The Kier molecular flexibility index (Phi) is 7.69. The van der Waals surface area contributed by atoms with Gasteiger partial charge >= 0.3 is 6.09 Å². The first-order valence-corrected chi connectivity index (χ1v) is 15.6. The molecule has 7 heteroatoms. The van der Waals surface area contributed by atoms with E-state index in [9.17, 15) is 9.18 Å². The van der Waals surface area contributed by atoms with Crippen LogP contribution in [0.25, 0.3) is 0 Å². The van der Waals surface area contributed by atoms with Crippen LogP contribution < -0.4 is 5.32 Å². The molecule has 1 amide bonds. The topological polar surface area (TPSA) is 50.8 Å². The van der Waals surface area contributed by atoms with Gasteiger partial charge in [0.05, 0.1) is 6.04 Å². The third-order valence-electron chi connectivity index (χ3n) is 7.87. The highest BCUT2D eigenvalue weighted by atomic mass is 28.4. The van der Waals surface area contributed by atoms with Gasteiger partial charge in [0.2, 0.25) is 0 Å². The normalized spacial score (nSPS) is 22.3. The fraction of sp³-hybridized carbons (Fsp3) is 0.536. The van der Waals surface area contributed by atoms with Crippen molar-refractivity contribution in [2.24, 2.45) is 0 Å². The van der Waals surface area contributed by atoms with Crippen molar-refractivity contribution in [3.05, 3.63) is 71.0 Å². The summed E-state index contributed by atoms with van der Waals surface area (Å²) in [4.78, 5) is 15.0. The van der Waals surface area contributed by atoms with Crippen molar-refractivity contribution < 1.29 is 18.3 Å². The number of fused-ring (bicyclic) bond motifs is 1. The number of halogens is 1. The van der Waals surface area contributed by atoms with Crippen LogP contribution in [0.2, 0.25) is 18.1 Å². The van der Waals surface area contributed by atoms with E-state index in [4.69, 9.17) is 9.16 Å². The number of nitrogens with zero attached hydrogens (tertiary/aromatic N) is 1. The Labute approximate surface area is 210 Å². The minimum atomic E-state index is -1.72. The zero-order valence-corrected chi connectivity index (χ0v) is 22.6. The van der Waals surface area contributed by atoms with Crippen molar-refractivity contribution >= 4 is 14.4 Å². The summed E-state index contributed by atoms with van der Waals surface area (Å²) in [6, 6.07) is 14.7. The van der Waals surface area contributed by atoms with Gasteiger partial charge in [-0.25, -0.2) is 9.18 Å². The van der Waals surface area contributed by atoms with Crippen LogP contribution in [0.1, 0.15) is 56.3 Å². The molecule has 0 spiro atoms. The molecule has 1 atom stereocenters. The monoisotopic (exact) mass is 498 g/mol. The van der Waals surface area contributed by atoms with Gasteiger partial charge in [-0.2, -0.15) is 0 Å². The number of hydrogen-bond acceptors (Lipinski definition) is 4. The van der Waals surface area contributed by atoms with E-state index < -0.39 is 8.32 Å². The molecule has 1 N–H and O–H groups in total. The first-order chi connectivity index (χ1) is 16.5. The molecular formula is C28H39FN2O3Si. The molecule has 0 bridgehead atoms. The maximum atomic E-state index is 13.6. The number of hydrogen-bond donors (Lipinski definition) is 1. The molecule has 1 fully saturated rings. The zero-order chi connectivity index (χ0) is 25.2. The van der Waals surface area contributed by atoms with Gasteiger partial charge in [0.15, 0.2) is 8.32 Å². The summed E-state index contributed by atoms with van der Waals surface area (Å²) in [5.41, 5.74) is 3.20. The molecule has 2 aromatic carbocycles. The SMILES string of the molecule is CC(C)(C)[Si](C)(C)OCCN[C@H]1C[C@H](OC(=O)N2CCc3ccccc3[C@@H]2c2ccc(F)cc2)C1. The molecular weight excluding hydrogens is 459 g/mol. The standard InChI is InChI=1S/C28H39FN2O3Si/c1-28(2,3)35(4,5)33-17-15-30-23-18-24(19-23)34-27(32)31-16-14-20-8-6-7-9-25(20)26(31)21-10-12-22(29)13-11-21/h6-13,23-24,26,30H,14-19H2,1-5H3/t23-,24-,26-/m0/s1. The second kappa shape index (κ2) is 10.4. The van der Waals surface area contributed by atoms with Crippen molar-refractivity contribution in [1.82, 2.24) is 10.2 Å². The quantitative estimate of drug-likeness (QED) is 0.373. The Morgan fingerprint density at radius 2 is 1.80 bits per heavy atom. The molecule has 1 saturated carbocycles. The van der Waals surface area contributed by atoms with Gasteiger partial charge in [-0.3, -0.25) is 4.90 Å². The highest BCUT2D eigenvalue weighted by Gasteiger charge is 2.39. The molecule has 1 heterocycles. The summed E-state index contributed by atoms with van der Waals surface area (Å²) < 4.78 is 25.7. The molecule has 0 saturated heterocycles. The number of rotatable bonds is 7. The van der Waals surface area contributed by atoms with Crippen LogP contribution in [-0.4, -0.2) is 51.2 Å². The molecule has 0 aromatic heterocycles. The van der Waals surface area contributed by atoms with Crippen LogP contribution in [0.3, 0.4) is 0 Å². The van der Waals surface area contributed by atoms with Crippen LogP contribution in [0, 0.1) is 5.82 Å². The van der Waals surface area contributed by atoms with E-state index in [1.165, 1.54) is 17.7 Å². The number of benzene rings is 2. The van der Waals surface area contributed by atoms with Gasteiger partial charge in [-0.15, -0.1) is 0 Å². The Morgan fingerprint density at radius 3 is 2.49 bits per heavy atom. The van der Waals surface area contributed by atoms with Crippen LogP contribution in [0.4, 0.5) is 9.18 Å². The lowest BCUT2D eigenvalue weighted by Crippen LogP contribution is -2.50. The van der Waals surface area contributed by atoms with E-state index in [0.29, 0.717) is 19.2 Å². The number of carbonyl (C=O) groups excluding carboxylic acids is 1. The number of amides is 1. The average Bonchev–Trinajstić information content (AvgIpc) is 2.78. The van der Waals surface area contributed by atoms with E-state index in [1.807, 2.05) is 12.1 Å². The molecule has 2 aliphatic rings. The Bertz CT molecular complexity index is 1020. The van der Waals surface area contributed by atoms with Gasteiger partial charge < -0.3 is 14.5 Å². The summed E-state index contributed by atoms with van der Waals surface area (Å²) in [6.45, 7) is 13.4. The lowest BCUT2D eigenvalue weighted by molar-refractivity contribution is 0.00455. The minimum absolute atomic E-state index is 0.0765. The molecule has 1 aliphatic heterocycles. The zero-order valence-electron chi connectivity index (χ0n) is 21.6. The lowest BCUT2D eigenvalue weighted by Gasteiger charge is -2.41. The van der Waals surface area contributed by atoms with Gasteiger partial charge in [0, 0.05) is 25.7 Å². The molecule has 35 heavy (non-hydrogen) atoms. The minimum Gasteiger partial charge on any atom is -0.446 e. The van der Waals surface area contributed by atoms with Gasteiger partial charge in [0.1, 0.15) is 11.9 Å². The lowest BCUT2D eigenvalue weighted by atomic mass is 9.88. The third kappa shape index (κ3) is 5.96. The largest absolute Gasteiger partial charge is 0.446 e. The molecule has 5 nitrogen and oxygen atoms in total. The number of carbonyl (C=O) groups is 1. The van der Waals surface area contributed by atoms with Crippen LogP contribution >= 0.6 is 0 Å². The highest BCUT2D eigenvalue weighted by Crippen LogP contribution is 2.37. The van der Waals surface area contributed by atoms with E-state index in [2.05, 4.69) is 51.3 Å². The van der Waals surface area contributed by atoms with Crippen LogP contribution in [-0.2, 0) is 15.6 Å². The Hall–Kier alpha value is -2.22. The molecule has 1 aliphatic carbocycles. The highest BCUT2D eigenvalue weighted by molar-refractivity contribution is 6.74. The fourth-order valence-corrected chi connectivity index (χ4v) is 5.64. The summed E-state index contributed by atoms with van der Waals surface area (Å²) in [7, 11) is -1.72. The molecule has 0 unspecified atom stereocenters. The summed E-state index contributed by atoms with van der Waals surface area (Å²) in [6.07, 6.45) is 2.05. The van der Waals surface area contributed by atoms with E-state index in [-0.39, 0.29) is 29.1 Å². The van der Waals surface area contributed by atoms with Gasteiger partial charge in [-0.1, -0.05) is 57.2 Å². The van der Waals surface area contributed by atoms with Crippen LogP contribution in [0.15, 0.2) is 48.5 Å². The fourth-order valence-electron chi connectivity index (χ4n) is 4.59. The second-order valence-corrected chi connectivity index (χ2v) is 16.1. The van der Waals surface area contributed by atoms with Crippen molar-refractivity contribution in [2.45, 2.75) is 76.4 Å². The number of ether oxygens (including phenoxy) is 1. The Morgan fingerprint density at radius 1 is 1.11 bits per heavy atom. The van der Waals surface area contributed by atoms with Gasteiger partial charge in [0.25, 0.3) is 0 Å². The molecule has 190 valence electrons. The smallest absolute Gasteiger partial charge is 0.410 e. The molecule has 0 radical (unpaired) electrons. The summed E-state index contributed by atoms with van der Waals surface area (Å²) in [5.74, 6) is -0.283. The first kappa shape index (κ1) is 25.9. The average molecular weight is 499 g/mol. The van der Waals surface area contributed by atoms with E-state index in [0.717, 1.165) is 36.9 Å². The van der Waals surface area contributed by atoms with Crippen molar-refractivity contribution in [1.29, 1.82) is 0 Å². The van der Waals surface area contributed by atoms with Gasteiger partial charge in [-0.05, 0) is 66.2 Å². The maximum absolute atomic E-state index is 13.6. The number of nitrogens with one attached hydrogen (secondary N) is 1. The van der Waals surface area contributed by atoms with E-state index >= 15 is 0 Å². The molecule has 4 rings (SSSR count). The van der Waals surface area contributed by atoms with Crippen LogP contribution in [0.5, 0.6) is 0 Å². The van der Waals surface area contributed by atoms with Crippen molar-refractivity contribution in [3.8, 4) is 0 Å². The first-order valence-electron chi connectivity index (χ1n) is 12.7. The Balaban J connectivity index is 1.30. The summed E-state index contributed by atoms with van der Waals surface area (Å²) >= 11 is 0. The maximum Gasteiger partial charge on any atom is 0.410 e. The van der Waals surface area contributed by atoms with Crippen molar-refractivity contribution in [3.63, 3.8) is 0 Å². The predicted molar refractivity (Wildman–Crippen MR) is 140 cm³/mol. The van der Waals surface area contributed by atoms with Crippen molar-refractivity contribution in [2.75, 3.05) is 19.7 Å². The predicted octanol–water partition coefficient (Wildman–Crippen LogP) is 6.05.